The number of carbonyl (C=O) groups is 1. The smallest absolute Gasteiger partial charge is 0.416 e. The molecule has 0 saturated carbocycles. The van der Waals surface area contributed by atoms with Crippen molar-refractivity contribution in [1.82, 2.24) is 15.1 Å². The van der Waals surface area contributed by atoms with E-state index in [9.17, 15) is 18.0 Å². The molecule has 1 fully saturated rings. The predicted octanol–water partition coefficient (Wildman–Crippen LogP) is 2.84. The molecule has 0 radical (unpaired) electrons. The number of ether oxygens (including phenoxy) is 1. The summed E-state index contributed by atoms with van der Waals surface area (Å²) in [4.78, 5) is 20.1. The van der Waals surface area contributed by atoms with Gasteiger partial charge in [0.2, 0.25) is 0 Å². The summed E-state index contributed by atoms with van der Waals surface area (Å²) in [6, 6.07) is 7.14. The van der Waals surface area contributed by atoms with Crippen LogP contribution in [0.1, 0.15) is 21.7 Å². The molecule has 7 nitrogen and oxygen atoms in total. The first-order valence-electron chi connectivity index (χ1n) is 9.36. The van der Waals surface area contributed by atoms with Crippen molar-refractivity contribution < 1.29 is 27.1 Å². The highest BCUT2D eigenvalue weighted by Gasteiger charge is 2.34. The van der Waals surface area contributed by atoms with Crippen molar-refractivity contribution in [1.29, 1.82) is 0 Å². The topological polar surface area (TPSA) is 70.3 Å². The Bertz CT molecular complexity index is 889. The molecule has 162 valence electrons. The number of nitrogens with zero attached hydrogens (tertiary/aromatic N) is 3. The van der Waals surface area contributed by atoms with E-state index in [4.69, 9.17) is 9.15 Å². The molecule has 2 aromatic rings. The molecule has 1 aromatic heterocycles. The molecule has 0 spiro atoms. The highest BCUT2D eigenvalue weighted by atomic mass is 19.4. The molecule has 0 unspecified atom stereocenters. The van der Waals surface area contributed by atoms with Gasteiger partial charge in [-0.2, -0.15) is 13.2 Å². The molecular formula is C20H23F3N4O3. The molecule has 1 aliphatic rings. The number of aliphatic imine (C=N–C) groups is 1. The third-order valence-corrected chi connectivity index (χ3v) is 4.87. The first-order chi connectivity index (χ1) is 14.3. The number of nitrogens with one attached hydrogen (secondary N) is 1. The zero-order valence-electron chi connectivity index (χ0n) is 16.7. The molecule has 1 amide bonds. The van der Waals surface area contributed by atoms with Gasteiger partial charge in [0.15, 0.2) is 11.7 Å². The minimum absolute atomic E-state index is 0.0446. The second-order valence-electron chi connectivity index (χ2n) is 6.68. The quantitative estimate of drug-likeness (QED) is 0.604. The Kier molecular flexibility index (Phi) is 6.53. The van der Waals surface area contributed by atoms with Gasteiger partial charge in [-0.3, -0.25) is 9.79 Å². The van der Waals surface area contributed by atoms with Gasteiger partial charge in [-0.15, -0.1) is 0 Å². The van der Waals surface area contributed by atoms with E-state index in [1.54, 1.807) is 24.1 Å². The van der Waals surface area contributed by atoms with E-state index in [0.717, 1.165) is 6.07 Å². The van der Waals surface area contributed by atoms with Crippen molar-refractivity contribution >= 4 is 11.9 Å². The van der Waals surface area contributed by atoms with Crippen LogP contribution in [-0.2, 0) is 12.7 Å². The van der Waals surface area contributed by atoms with E-state index in [0.29, 0.717) is 32.1 Å². The van der Waals surface area contributed by atoms with Crippen molar-refractivity contribution in [3.05, 3.63) is 53.5 Å². The van der Waals surface area contributed by atoms with Gasteiger partial charge in [-0.25, -0.2) is 0 Å². The lowest BCUT2D eigenvalue weighted by Gasteiger charge is -2.36. The van der Waals surface area contributed by atoms with E-state index in [1.807, 2.05) is 4.90 Å². The summed E-state index contributed by atoms with van der Waals surface area (Å²) in [6.45, 7) is 1.87. The molecule has 1 aliphatic heterocycles. The number of benzene rings is 1. The number of rotatable bonds is 4. The summed E-state index contributed by atoms with van der Waals surface area (Å²) in [5.41, 5.74) is -0.658. The second-order valence-corrected chi connectivity index (χ2v) is 6.68. The summed E-state index contributed by atoms with van der Waals surface area (Å²) in [5.74, 6) is 0.720. The first kappa shape index (κ1) is 21.5. The van der Waals surface area contributed by atoms with Crippen LogP contribution in [0.2, 0.25) is 0 Å². The average Bonchev–Trinajstić information content (AvgIpc) is 3.28. The summed E-state index contributed by atoms with van der Waals surface area (Å²) >= 11 is 0. The lowest BCUT2D eigenvalue weighted by molar-refractivity contribution is -0.138. The third-order valence-electron chi connectivity index (χ3n) is 4.87. The number of piperazine rings is 1. The Morgan fingerprint density at radius 3 is 2.47 bits per heavy atom. The Morgan fingerprint density at radius 2 is 1.90 bits per heavy atom. The molecule has 2 heterocycles. The molecule has 1 saturated heterocycles. The van der Waals surface area contributed by atoms with Crippen molar-refractivity contribution in [2.45, 2.75) is 12.7 Å². The zero-order chi connectivity index (χ0) is 21.7. The summed E-state index contributed by atoms with van der Waals surface area (Å²) in [6.07, 6.45) is -3.05. The summed E-state index contributed by atoms with van der Waals surface area (Å²) in [7, 11) is 2.90. The van der Waals surface area contributed by atoms with Crippen LogP contribution in [0, 0.1) is 0 Å². The van der Waals surface area contributed by atoms with E-state index in [1.165, 1.54) is 25.5 Å². The van der Waals surface area contributed by atoms with E-state index in [-0.39, 0.29) is 29.5 Å². The van der Waals surface area contributed by atoms with Crippen LogP contribution in [0.3, 0.4) is 0 Å². The third kappa shape index (κ3) is 4.87. The maximum absolute atomic E-state index is 13.4. The number of alkyl halides is 3. The van der Waals surface area contributed by atoms with Gasteiger partial charge in [0.25, 0.3) is 5.91 Å². The van der Waals surface area contributed by atoms with Crippen LogP contribution in [0.5, 0.6) is 5.75 Å². The van der Waals surface area contributed by atoms with Gasteiger partial charge in [-0.1, -0.05) is 6.07 Å². The maximum Gasteiger partial charge on any atom is 0.416 e. The lowest BCUT2D eigenvalue weighted by atomic mass is 10.1. The highest BCUT2D eigenvalue weighted by Crippen LogP contribution is 2.34. The number of hydrogen-bond donors (Lipinski definition) is 1. The Balaban J connectivity index is 1.62. The van der Waals surface area contributed by atoms with Crippen LogP contribution in [-0.4, -0.2) is 62.0 Å². The van der Waals surface area contributed by atoms with Crippen LogP contribution < -0.4 is 10.1 Å². The van der Waals surface area contributed by atoms with Gasteiger partial charge >= 0.3 is 6.18 Å². The lowest BCUT2D eigenvalue weighted by Crippen LogP contribution is -2.53. The van der Waals surface area contributed by atoms with E-state index in [2.05, 4.69) is 10.3 Å². The minimum atomic E-state index is -4.49. The monoisotopic (exact) mass is 424 g/mol. The number of carbonyl (C=O) groups excluding carboxylic acids is 1. The number of guanidine groups is 1. The fraction of sp³-hybridized carbons (Fsp3) is 0.400. The van der Waals surface area contributed by atoms with Crippen LogP contribution >= 0.6 is 0 Å². The standard InChI is InChI=1S/C20H23F3N4O3/c1-24-19(25-13-14-5-6-15(29-2)12-16(14)20(21,22)23)27-9-7-26(8-10-27)18(28)17-4-3-11-30-17/h3-6,11-12H,7-10,13H2,1-2H3,(H,24,25). The van der Waals surface area contributed by atoms with Crippen molar-refractivity contribution in [3.8, 4) is 5.75 Å². The highest BCUT2D eigenvalue weighted by molar-refractivity contribution is 5.91. The average molecular weight is 424 g/mol. The molecule has 3 rings (SSSR count). The van der Waals surface area contributed by atoms with Gasteiger partial charge in [0, 0.05) is 39.8 Å². The van der Waals surface area contributed by atoms with Crippen LogP contribution in [0.15, 0.2) is 46.0 Å². The predicted molar refractivity (Wildman–Crippen MR) is 104 cm³/mol. The Labute approximate surface area is 172 Å². The zero-order valence-corrected chi connectivity index (χ0v) is 16.7. The molecular weight excluding hydrogens is 401 g/mol. The van der Waals surface area contributed by atoms with Gasteiger partial charge < -0.3 is 24.3 Å². The van der Waals surface area contributed by atoms with Crippen molar-refractivity contribution in [3.63, 3.8) is 0 Å². The number of halogens is 3. The molecule has 0 bridgehead atoms. The fourth-order valence-electron chi connectivity index (χ4n) is 3.28. The number of furan rings is 1. The molecule has 0 aliphatic carbocycles. The fourth-order valence-corrected chi connectivity index (χ4v) is 3.28. The van der Waals surface area contributed by atoms with E-state index < -0.39 is 11.7 Å². The van der Waals surface area contributed by atoms with E-state index >= 15 is 0 Å². The first-order valence-corrected chi connectivity index (χ1v) is 9.36. The van der Waals surface area contributed by atoms with Gasteiger partial charge in [0.05, 0.1) is 18.9 Å². The van der Waals surface area contributed by atoms with Crippen molar-refractivity contribution in [2.75, 3.05) is 40.3 Å². The molecule has 1 N–H and O–H groups in total. The molecule has 0 atom stereocenters. The molecule has 1 aromatic carbocycles. The minimum Gasteiger partial charge on any atom is -0.497 e. The van der Waals surface area contributed by atoms with Crippen LogP contribution in [0.25, 0.3) is 0 Å². The molecule has 10 heteroatoms. The van der Waals surface area contributed by atoms with Gasteiger partial charge in [0.1, 0.15) is 5.75 Å². The second kappa shape index (κ2) is 9.10. The molecule has 30 heavy (non-hydrogen) atoms. The number of methoxy groups -OCH3 is 1. The van der Waals surface area contributed by atoms with Gasteiger partial charge in [-0.05, 0) is 29.8 Å². The SMILES string of the molecule is CN=C(NCc1ccc(OC)cc1C(F)(F)F)N1CCN(C(=O)c2ccco2)CC1. The Morgan fingerprint density at radius 1 is 1.20 bits per heavy atom. The van der Waals surface area contributed by atoms with Crippen LogP contribution in [0.4, 0.5) is 13.2 Å². The largest absolute Gasteiger partial charge is 0.497 e. The normalized spacial score (nSPS) is 15.3. The summed E-state index contributed by atoms with van der Waals surface area (Å²) in [5, 5.41) is 2.99. The maximum atomic E-state index is 13.4. The Hall–Kier alpha value is -3.17. The van der Waals surface area contributed by atoms with Crippen molar-refractivity contribution in [2.24, 2.45) is 4.99 Å². The number of hydrogen-bond acceptors (Lipinski definition) is 4. The number of amides is 1. The summed E-state index contributed by atoms with van der Waals surface area (Å²) < 4.78 is 50.2.